The first-order valence-corrected chi connectivity index (χ1v) is 11.7. The second kappa shape index (κ2) is 9.90. The Morgan fingerprint density at radius 3 is 2.71 bits per heavy atom. The van der Waals surface area contributed by atoms with Gasteiger partial charge in [-0.05, 0) is 53.9 Å². The summed E-state index contributed by atoms with van der Waals surface area (Å²) in [6.07, 6.45) is 1.22. The third-order valence-electron chi connectivity index (χ3n) is 5.27. The minimum atomic E-state index is -0.286. The zero-order valence-electron chi connectivity index (χ0n) is 18.4. The van der Waals surface area contributed by atoms with Gasteiger partial charge in [0.2, 0.25) is 17.7 Å². The van der Waals surface area contributed by atoms with Gasteiger partial charge in [-0.15, -0.1) is 11.3 Å². The highest BCUT2D eigenvalue weighted by Crippen LogP contribution is 2.34. The van der Waals surface area contributed by atoms with Crippen LogP contribution in [0.2, 0.25) is 0 Å². The maximum absolute atomic E-state index is 11.6. The number of aromatic nitrogens is 2. The molecule has 0 atom stereocenters. The monoisotopic (exact) mass is 473 g/mol. The number of nitrogens with one attached hydrogen (secondary N) is 2. The Morgan fingerprint density at radius 1 is 1.09 bits per heavy atom. The molecule has 1 fully saturated rings. The summed E-state index contributed by atoms with van der Waals surface area (Å²) in [6.45, 7) is 6.76. The molecule has 34 heavy (non-hydrogen) atoms. The lowest BCUT2D eigenvalue weighted by Crippen LogP contribution is -2.36. The van der Waals surface area contributed by atoms with Crippen molar-refractivity contribution in [3.05, 3.63) is 72.6 Å². The van der Waals surface area contributed by atoms with E-state index in [-0.39, 0.29) is 5.91 Å². The van der Waals surface area contributed by atoms with Crippen LogP contribution < -0.4 is 20.3 Å². The summed E-state index contributed by atoms with van der Waals surface area (Å²) in [5.74, 6) is 1.15. The van der Waals surface area contributed by atoms with Gasteiger partial charge in [0, 0.05) is 36.2 Å². The van der Waals surface area contributed by atoms with Crippen molar-refractivity contribution in [2.24, 2.45) is 0 Å². The van der Waals surface area contributed by atoms with Crippen molar-refractivity contribution in [1.82, 2.24) is 9.97 Å². The molecule has 2 N–H and O–H groups in total. The van der Waals surface area contributed by atoms with Gasteiger partial charge in [0.05, 0.1) is 18.7 Å². The second-order valence-corrected chi connectivity index (χ2v) is 8.50. The molecule has 5 rings (SSSR count). The lowest BCUT2D eigenvalue weighted by molar-refractivity contribution is -0.111. The Bertz CT molecular complexity index is 1320. The number of carbonyl (C=O) groups excluding carboxylic acids is 1. The predicted molar refractivity (Wildman–Crippen MR) is 136 cm³/mol. The quantitative estimate of drug-likeness (QED) is 0.357. The molecule has 1 aliphatic rings. The topological polar surface area (TPSA) is 88.6 Å². The van der Waals surface area contributed by atoms with Crippen LogP contribution in [-0.2, 0) is 9.53 Å². The number of ether oxygens (including phenoxy) is 2. The van der Waals surface area contributed by atoms with E-state index in [4.69, 9.17) is 9.47 Å². The highest BCUT2D eigenvalue weighted by molar-refractivity contribution is 7.17. The predicted octanol–water partition coefficient (Wildman–Crippen LogP) is 5.19. The third kappa shape index (κ3) is 5.00. The number of amides is 1. The number of anilines is 4. The summed E-state index contributed by atoms with van der Waals surface area (Å²) >= 11 is 1.51. The van der Waals surface area contributed by atoms with Crippen LogP contribution in [0.5, 0.6) is 11.6 Å². The maximum Gasteiger partial charge on any atom is 0.247 e. The summed E-state index contributed by atoms with van der Waals surface area (Å²) in [4.78, 5) is 23.2. The Morgan fingerprint density at radius 2 is 1.91 bits per heavy atom. The van der Waals surface area contributed by atoms with Gasteiger partial charge in [0.15, 0.2) is 0 Å². The molecule has 0 spiro atoms. The Labute approximate surface area is 200 Å². The molecule has 0 saturated carbocycles. The molecule has 172 valence electrons. The van der Waals surface area contributed by atoms with Crippen molar-refractivity contribution < 1.29 is 14.3 Å². The molecule has 1 aliphatic heterocycles. The lowest BCUT2D eigenvalue weighted by atomic mass is 10.2. The lowest BCUT2D eigenvalue weighted by Gasteiger charge is -2.28. The highest BCUT2D eigenvalue weighted by Gasteiger charge is 2.14. The number of morpholine rings is 1. The molecule has 1 amide bonds. The molecule has 0 unspecified atom stereocenters. The third-order valence-corrected chi connectivity index (χ3v) is 6.17. The van der Waals surface area contributed by atoms with E-state index in [0.717, 1.165) is 47.9 Å². The number of benzene rings is 2. The molecular weight excluding hydrogens is 450 g/mol. The van der Waals surface area contributed by atoms with Gasteiger partial charge in [-0.1, -0.05) is 12.6 Å². The number of thiophene rings is 1. The van der Waals surface area contributed by atoms with Crippen LogP contribution in [0.25, 0.3) is 10.2 Å². The smallest absolute Gasteiger partial charge is 0.247 e. The van der Waals surface area contributed by atoms with Crippen LogP contribution in [0.3, 0.4) is 0 Å². The standard InChI is InChI=1S/C25H23N5O3S/c1-2-22(31)26-18-4-3-5-20(16-18)33-24-23-21(10-15-34-23)28-25(29-24)27-17-6-8-19(9-7-17)30-11-13-32-14-12-30/h2-10,15-16H,1,11-14H2,(H,26,31)(H,27,28,29). The summed E-state index contributed by atoms with van der Waals surface area (Å²) in [5.41, 5.74) is 3.44. The molecule has 9 heteroatoms. The van der Waals surface area contributed by atoms with Crippen LogP contribution in [0.15, 0.2) is 72.6 Å². The number of hydrogen-bond acceptors (Lipinski definition) is 8. The summed E-state index contributed by atoms with van der Waals surface area (Å²) in [5, 5.41) is 7.96. The van der Waals surface area contributed by atoms with Crippen LogP contribution in [0, 0.1) is 0 Å². The average Bonchev–Trinajstić information content (AvgIpc) is 3.34. The number of rotatable bonds is 7. The van der Waals surface area contributed by atoms with Crippen LogP contribution in [0.1, 0.15) is 0 Å². The van der Waals surface area contributed by atoms with E-state index in [1.54, 1.807) is 18.2 Å². The van der Waals surface area contributed by atoms with Crippen LogP contribution >= 0.6 is 11.3 Å². The van der Waals surface area contributed by atoms with Gasteiger partial charge < -0.3 is 25.0 Å². The summed E-state index contributed by atoms with van der Waals surface area (Å²) in [6, 6.07) is 17.2. The van der Waals surface area contributed by atoms with E-state index < -0.39 is 0 Å². The Hall–Kier alpha value is -3.95. The van der Waals surface area contributed by atoms with Crippen molar-refractivity contribution in [2.45, 2.75) is 0 Å². The van der Waals surface area contributed by atoms with E-state index >= 15 is 0 Å². The molecule has 2 aromatic carbocycles. The average molecular weight is 474 g/mol. The highest BCUT2D eigenvalue weighted by atomic mass is 32.1. The van der Waals surface area contributed by atoms with Crippen molar-refractivity contribution in [2.75, 3.05) is 41.8 Å². The summed E-state index contributed by atoms with van der Waals surface area (Å²) in [7, 11) is 0. The van der Waals surface area contributed by atoms with Crippen molar-refractivity contribution >= 4 is 50.5 Å². The first kappa shape index (κ1) is 21.9. The number of nitrogens with zero attached hydrogens (tertiary/aromatic N) is 3. The molecule has 4 aromatic rings. The van der Waals surface area contributed by atoms with Crippen molar-refractivity contribution in [1.29, 1.82) is 0 Å². The molecule has 0 radical (unpaired) electrons. The number of carbonyl (C=O) groups is 1. The van der Waals surface area contributed by atoms with E-state index in [0.29, 0.717) is 23.3 Å². The molecule has 8 nitrogen and oxygen atoms in total. The normalized spacial score (nSPS) is 13.5. The molecule has 0 bridgehead atoms. The Balaban J connectivity index is 1.36. The zero-order valence-corrected chi connectivity index (χ0v) is 19.2. The molecule has 0 aliphatic carbocycles. The van der Waals surface area contributed by atoms with Gasteiger partial charge in [-0.3, -0.25) is 4.79 Å². The fraction of sp³-hybridized carbons (Fsp3) is 0.160. The van der Waals surface area contributed by atoms with E-state index in [1.807, 2.05) is 29.6 Å². The first-order valence-electron chi connectivity index (χ1n) is 10.8. The van der Waals surface area contributed by atoms with E-state index in [1.165, 1.54) is 17.4 Å². The zero-order chi connectivity index (χ0) is 23.3. The van der Waals surface area contributed by atoms with Gasteiger partial charge in [0.1, 0.15) is 10.4 Å². The largest absolute Gasteiger partial charge is 0.437 e. The van der Waals surface area contributed by atoms with E-state index in [2.05, 4.69) is 44.2 Å². The van der Waals surface area contributed by atoms with Crippen LogP contribution in [0.4, 0.5) is 23.0 Å². The maximum atomic E-state index is 11.6. The SMILES string of the molecule is C=CC(=O)Nc1cccc(Oc2nc(Nc3ccc(N4CCOCC4)cc3)nc3ccsc23)c1. The Kier molecular flexibility index (Phi) is 6.37. The second-order valence-electron chi connectivity index (χ2n) is 7.58. The molecule has 2 aromatic heterocycles. The van der Waals surface area contributed by atoms with Gasteiger partial charge in [-0.25, -0.2) is 4.98 Å². The van der Waals surface area contributed by atoms with Gasteiger partial charge in [0.25, 0.3) is 0 Å². The molecular formula is C25H23N5O3S. The van der Waals surface area contributed by atoms with Crippen molar-refractivity contribution in [3.63, 3.8) is 0 Å². The number of fused-ring (bicyclic) bond motifs is 1. The number of hydrogen-bond donors (Lipinski definition) is 2. The van der Waals surface area contributed by atoms with Crippen molar-refractivity contribution in [3.8, 4) is 11.6 Å². The fourth-order valence-corrected chi connectivity index (χ4v) is 4.37. The van der Waals surface area contributed by atoms with E-state index in [9.17, 15) is 4.79 Å². The fourth-order valence-electron chi connectivity index (χ4n) is 3.61. The first-order chi connectivity index (χ1) is 16.7. The van der Waals surface area contributed by atoms with Gasteiger partial charge in [-0.2, -0.15) is 4.98 Å². The molecule has 1 saturated heterocycles. The van der Waals surface area contributed by atoms with Gasteiger partial charge >= 0.3 is 0 Å². The summed E-state index contributed by atoms with van der Waals surface area (Å²) < 4.78 is 12.4. The minimum absolute atomic E-state index is 0.286. The van der Waals surface area contributed by atoms with Crippen LogP contribution in [-0.4, -0.2) is 42.2 Å². The molecule has 3 heterocycles. The minimum Gasteiger partial charge on any atom is -0.437 e.